The van der Waals surface area contributed by atoms with Gasteiger partial charge in [-0.1, -0.05) is 188 Å². The van der Waals surface area contributed by atoms with Crippen molar-refractivity contribution < 1.29 is 17.9 Å². The summed E-state index contributed by atoms with van der Waals surface area (Å²) >= 11 is 0. The highest BCUT2D eigenvalue weighted by Crippen LogP contribution is 2.48. The molecule has 0 bridgehead atoms. The van der Waals surface area contributed by atoms with Crippen LogP contribution in [0.2, 0.25) is 0 Å². The molecule has 6 heteroatoms. The van der Waals surface area contributed by atoms with Gasteiger partial charge in [-0.3, -0.25) is 0 Å². The summed E-state index contributed by atoms with van der Waals surface area (Å²) < 4.78 is 46.9. The first kappa shape index (κ1) is 42.7. The normalized spacial score (nSPS) is 14.5. The number of allylic oxidation sites excluding steroid dienone is 2. The maximum atomic E-state index is 18.9. The fraction of sp³-hybridized carbons (Fsp3) is 0.271. The summed E-state index contributed by atoms with van der Waals surface area (Å²) in [6, 6.07) is 47.7. The molecule has 10 rings (SSSR count). The van der Waals surface area contributed by atoms with Crippen LogP contribution in [0.25, 0.3) is 59.9 Å². The summed E-state index contributed by atoms with van der Waals surface area (Å²) in [6.45, 7) is 2.65. The van der Waals surface area contributed by atoms with Crippen LogP contribution in [-0.4, -0.2) is 28.3 Å². The number of aryl methyl sites for hydroxylation is 1. The van der Waals surface area contributed by atoms with E-state index in [2.05, 4.69) is 106 Å². The minimum atomic E-state index is -4.45. The van der Waals surface area contributed by atoms with E-state index in [-0.39, 0.29) is 0 Å². The van der Waals surface area contributed by atoms with Gasteiger partial charge in [-0.25, -0.2) is 0 Å². The minimum Gasteiger partial charge on any atom is -0.494 e. The second-order valence-corrected chi connectivity index (χ2v) is 18.2. The Balaban J connectivity index is 1.12. The molecule has 1 aromatic heterocycles. The van der Waals surface area contributed by atoms with Crippen molar-refractivity contribution in [3.8, 4) is 17.0 Å². The molecule has 8 aromatic rings. The van der Waals surface area contributed by atoms with Gasteiger partial charge in [0.25, 0.3) is 0 Å². The Bertz CT molecular complexity index is 3170. The van der Waals surface area contributed by atoms with Crippen molar-refractivity contribution in [2.75, 3.05) is 6.61 Å². The van der Waals surface area contributed by atoms with Gasteiger partial charge in [0.1, 0.15) is 5.75 Å². The first-order chi connectivity index (χ1) is 31.9. The Hall–Kier alpha value is -6.27. The number of ether oxygens (including phenoxy) is 1. The Morgan fingerprint density at radius 3 is 1.65 bits per heavy atom. The quantitative estimate of drug-likeness (QED) is 0.0506. The highest BCUT2D eigenvalue weighted by molar-refractivity contribution is 6.59. The lowest BCUT2D eigenvalue weighted by atomic mass is 9.84. The molecule has 0 atom stereocenters. The third kappa shape index (κ3) is 7.69. The number of rotatable bonds is 17. The van der Waals surface area contributed by atoms with Crippen LogP contribution < -0.4 is 4.74 Å². The van der Waals surface area contributed by atoms with Crippen molar-refractivity contribution in [1.82, 2.24) is 4.48 Å². The number of hydrogen-bond donors (Lipinski definition) is 0. The summed E-state index contributed by atoms with van der Waals surface area (Å²) in [5.74, 6) is 0.802. The molecule has 0 N–H and O–H groups in total. The lowest BCUT2D eigenvalue weighted by Gasteiger charge is -2.34. The van der Waals surface area contributed by atoms with E-state index in [4.69, 9.17) is 4.74 Å². The van der Waals surface area contributed by atoms with Crippen LogP contribution in [0.15, 0.2) is 157 Å². The number of nitrogens with zero attached hydrogens (tertiary/aromatic N) is 2. The van der Waals surface area contributed by atoms with Crippen LogP contribution >= 0.6 is 0 Å². The Morgan fingerprint density at radius 2 is 1.06 bits per heavy atom. The Kier molecular flexibility index (Phi) is 12.0. The van der Waals surface area contributed by atoms with Crippen LogP contribution in [-0.2, 0) is 6.42 Å². The molecule has 328 valence electrons. The van der Waals surface area contributed by atoms with Crippen molar-refractivity contribution in [2.45, 2.75) is 97.8 Å². The molecule has 0 radical (unpaired) electrons. The van der Waals surface area contributed by atoms with E-state index < -0.39 is 6.97 Å². The smallest absolute Gasteiger partial charge is 0.494 e. The van der Waals surface area contributed by atoms with Crippen LogP contribution in [0.3, 0.4) is 0 Å². The summed E-state index contributed by atoms with van der Waals surface area (Å²) in [5.41, 5.74) is 7.37. The predicted molar refractivity (Wildman–Crippen MR) is 272 cm³/mol. The first-order valence-corrected chi connectivity index (χ1v) is 24.4. The van der Waals surface area contributed by atoms with Crippen molar-refractivity contribution in [3.63, 3.8) is 0 Å². The third-order valence-corrected chi connectivity index (χ3v) is 14.1. The summed E-state index contributed by atoms with van der Waals surface area (Å²) in [5, 5.41) is 8.32. The molecule has 0 spiro atoms. The van der Waals surface area contributed by atoms with Crippen LogP contribution in [0.5, 0.6) is 5.75 Å². The van der Waals surface area contributed by atoms with Crippen molar-refractivity contribution >= 4 is 61.3 Å². The van der Waals surface area contributed by atoms with Crippen LogP contribution in [0, 0.1) is 0 Å². The lowest BCUT2D eigenvalue weighted by molar-refractivity contribution is -0.360. The number of fused-ring (bicyclic) bond motifs is 8. The fourth-order valence-corrected chi connectivity index (χ4v) is 10.9. The van der Waals surface area contributed by atoms with Gasteiger partial charge >= 0.3 is 6.97 Å². The molecule has 0 amide bonds. The molecule has 7 aromatic carbocycles. The van der Waals surface area contributed by atoms with E-state index in [0.717, 1.165) is 95.1 Å². The highest BCUT2D eigenvalue weighted by atomic mass is 19.2. The van der Waals surface area contributed by atoms with E-state index >= 15 is 8.63 Å². The van der Waals surface area contributed by atoms with Gasteiger partial charge in [0, 0.05) is 34.2 Å². The monoisotopic (exact) mass is 860 g/mol. The molecule has 3 heterocycles. The van der Waals surface area contributed by atoms with Crippen molar-refractivity contribution in [2.24, 2.45) is 0 Å². The number of benzene rings is 7. The Labute approximate surface area is 382 Å². The zero-order valence-corrected chi connectivity index (χ0v) is 38.2. The number of hydrogen-bond acceptors (Lipinski definition) is 1. The molecule has 2 aliphatic rings. The zero-order valence-electron chi connectivity index (χ0n) is 38.2. The number of aromatic nitrogens is 1. The predicted octanol–water partition coefficient (Wildman–Crippen LogP) is 16.5. The SMILES string of the molecule is CCCCCCCCCCCCOc1ccc(C2=C3C=C(CC)C(c4cc5ccccc5c5ccccc45)=[N+]3[B-](F)(F)n3c2cc(CC)c3-c2cc3ccccc3c3ccccc23)cc1. The molecule has 0 saturated heterocycles. The van der Waals surface area contributed by atoms with E-state index in [9.17, 15) is 0 Å². The second kappa shape index (κ2) is 18.3. The number of halogens is 2. The molecule has 0 aliphatic carbocycles. The average Bonchev–Trinajstić information content (AvgIpc) is 3.94. The van der Waals surface area contributed by atoms with E-state index in [1.165, 1.54) is 60.3 Å². The fourth-order valence-electron chi connectivity index (χ4n) is 10.9. The van der Waals surface area contributed by atoms with E-state index in [1.807, 2.05) is 60.7 Å². The first-order valence-electron chi connectivity index (χ1n) is 24.4. The van der Waals surface area contributed by atoms with Crippen LogP contribution in [0.4, 0.5) is 8.63 Å². The molecule has 0 unspecified atom stereocenters. The van der Waals surface area contributed by atoms with Gasteiger partial charge in [0.2, 0.25) is 0 Å². The van der Waals surface area contributed by atoms with Gasteiger partial charge in [0.15, 0.2) is 11.4 Å². The standard InChI is InChI=1S/C59H59BF2N2O/c1-4-7-8-9-10-11-12-13-14-23-36-65-46-34-32-43(33-35-46)57-55-39-41(5-2)58(53-37-44-24-15-17-26-47(44)49-28-19-21-30-51(49)53)63(55)60(61,62)64-56(57)40-42(6-3)59(64)54-38-45-25-16-18-27-48(45)50-29-20-22-31-52(50)54/h15-22,24-35,37-40H,4-14,23,36H2,1-3H3. The summed E-state index contributed by atoms with van der Waals surface area (Å²) in [6.07, 6.45) is 16.0. The maximum absolute atomic E-state index is 18.9. The van der Waals surface area contributed by atoms with Crippen molar-refractivity contribution in [3.05, 3.63) is 179 Å². The largest absolute Gasteiger partial charge is 0.737 e. The van der Waals surface area contributed by atoms with Gasteiger partial charge in [0.05, 0.1) is 12.2 Å². The van der Waals surface area contributed by atoms with Gasteiger partial charge in [-0.15, -0.1) is 0 Å². The lowest BCUT2D eigenvalue weighted by Crippen LogP contribution is -2.51. The zero-order chi connectivity index (χ0) is 44.5. The second-order valence-electron chi connectivity index (χ2n) is 18.2. The van der Waals surface area contributed by atoms with Crippen LogP contribution in [0.1, 0.15) is 114 Å². The number of unbranched alkanes of at least 4 members (excludes halogenated alkanes) is 9. The van der Waals surface area contributed by atoms with Crippen molar-refractivity contribution in [1.29, 1.82) is 0 Å². The molecular formula is C59H59BF2N2O. The van der Waals surface area contributed by atoms with E-state index in [0.29, 0.717) is 42.2 Å². The molecular weight excluding hydrogens is 801 g/mol. The molecule has 65 heavy (non-hydrogen) atoms. The molecule has 3 nitrogen and oxygen atoms in total. The average molecular weight is 861 g/mol. The van der Waals surface area contributed by atoms with Gasteiger partial charge in [-0.05, 0) is 104 Å². The summed E-state index contributed by atoms with van der Waals surface area (Å²) in [7, 11) is 0. The van der Waals surface area contributed by atoms with E-state index in [1.54, 1.807) is 0 Å². The third-order valence-electron chi connectivity index (χ3n) is 14.1. The Morgan fingerprint density at radius 1 is 0.538 bits per heavy atom. The molecule has 0 fully saturated rings. The topological polar surface area (TPSA) is 17.2 Å². The maximum Gasteiger partial charge on any atom is 0.737 e. The van der Waals surface area contributed by atoms with Gasteiger partial charge < -0.3 is 22.3 Å². The minimum absolute atomic E-state index is 0.542. The molecule has 2 aliphatic heterocycles. The highest BCUT2D eigenvalue weighted by Gasteiger charge is 2.56. The molecule has 0 saturated carbocycles. The summed E-state index contributed by atoms with van der Waals surface area (Å²) in [4.78, 5) is 0. The van der Waals surface area contributed by atoms with Gasteiger partial charge in [-0.2, -0.15) is 0 Å².